The third-order valence-corrected chi connectivity index (χ3v) is 5.31. The average Bonchev–Trinajstić information content (AvgIpc) is 3.24. The Morgan fingerprint density at radius 3 is 2.79 bits per heavy atom. The van der Waals surface area contributed by atoms with Crippen LogP contribution in [-0.2, 0) is 6.54 Å². The number of hydrogen-bond donors (Lipinski definition) is 2. The van der Waals surface area contributed by atoms with Gasteiger partial charge in [0.05, 0.1) is 17.6 Å². The zero-order chi connectivity index (χ0) is 16.7. The molecule has 4 rings (SSSR count). The van der Waals surface area contributed by atoms with E-state index in [1.807, 2.05) is 0 Å². The first-order valence-corrected chi connectivity index (χ1v) is 8.92. The Kier molecular flexibility index (Phi) is 3.88. The Morgan fingerprint density at radius 2 is 2.04 bits per heavy atom. The molecule has 1 fully saturated rings. The van der Waals surface area contributed by atoms with Gasteiger partial charge < -0.3 is 10.7 Å². The van der Waals surface area contributed by atoms with E-state index in [1.54, 1.807) is 0 Å². The Balaban J connectivity index is 1.81. The van der Waals surface area contributed by atoms with Crippen molar-refractivity contribution in [2.75, 3.05) is 19.3 Å². The number of nitrogens with zero attached hydrogens (tertiary/aromatic N) is 3. The van der Waals surface area contributed by atoms with Gasteiger partial charge >= 0.3 is 0 Å². The number of aromatic amines is 1. The molecular formula is C19H25N5. The highest BCUT2D eigenvalue weighted by molar-refractivity contribution is 6.06. The van der Waals surface area contributed by atoms with Crippen molar-refractivity contribution < 1.29 is 0 Å². The normalized spacial score (nSPS) is 16.0. The van der Waals surface area contributed by atoms with Gasteiger partial charge in [-0.1, -0.05) is 31.9 Å². The molecule has 1 aromatic carbocycles. The number of fused-ring (bicyclic) bond motifs is 3. The number of imidazole rings is 1. The summed E-state index contributed by atoms with van der Waals surface area (Å²) in [7, 11) is 2.08. The standard InChI is InChI=1S/C19H25N5/c1-3-24(2)11-16-22-17-14-9-8-13(12-6-4-5-7-12)10-15(14)21-19(20)18(17)23-16/h8-10,12H,3-7,11H2,1-2H3,(H2,20,21)(H,22,23). The third-order valence-electron chi connectivity index (χ3n) is 5.31. The van der Waals surface area contributed by atoms with Crippen LogP contribution in [-0.4, -0.2) is 33.4 Å². The van der Waals surface area contributed by atoms with E-state index in [9.17, 15) is 0 Å². The second-order valence-corrected chi connectivity index (χ2v) is 6.99. The zero-order valence-electron chi connectivity index (χ0n) is 14.5. The fourth-order valence-corrected chi connectivity index (χ4v) is 3.79. The van der Waals surface area contributed by atoms with Crippen molar-refractivity contribution in [2.45, 2.75) is 45.1 Å². The van der Waals surface area contributed by atoms with E-state index in [2.05, 4.69) is 52.0 Å². The van der Waals surface area contributed by atoms with Crippen LogP contribution >= 0.6 is 0 Å². The van der Waals surface area contributed by atoms with Crippen molar-refractivity contribution in [3.8, 4) is 0 Å². The molecule has 5 nitrogen and oxygen atoms in total. The number of nitrogens with one attached hydrogen (secondary N) is 1. The lowest BCUT2D eigenvalue weighted by molar-refractivity contribution is 0.338. The molecule has 0 unspecified atom stereocenters. The van der Waals surface area contributed by atoms with Gasteiger partial charge in [0.25, 0.3) is 0 Å². The lowest BCUT2D eigenvalue weighted by Gasteiger charge is -2.11. The SMILES string of the molecule is CCN(C)Cc1nc2c(N)nc3cc(C4CCCC4)ccc3c2[nH]1. The lowest BCUT2D eigenvalue weighted by Crippen LogP contribution is -2.17. The fourth-order valence-electron chi connectivity index (χ4n) is 3.79. The summed E-state index contributed by atoms with van der Waals surface area (Å²) in [6.45, 7) is 3.90. The number of rotatable bonds is 4. The second kappa shape index (κ2) is 6.06. The van der Waals surface area contributed by atoms with Crippen LogP contribution in [0.4, 0.5) is 5.82 Å². The summed E-state index contributed by atoms with van der Waals surface area (Å²) in [4.78, 5) is 15.0. The number of anilines is 1. The largest absolute Gasteiger partial charge is 0.382 e. The van der Waals surface area contributed by atoms with Crippen LogP contribution in [0.1, 0.15) is 49.9 Å². The van der Waals surface area contributed by atoms with Crippen molar-refractivity contribution in [1.29, 1.82) is 0 Å². The van der Waals surface area contributed by atoms with Crippen LogP contribution in [0.25, 0.3) is 21.9 Å². The van der Waals surface area contributed by atoms with Crippen molar-refractivity contribution in [3.05, 3.63) is 29.6 Å². The van der Waals surface area contributed by atoms with Crippen LogP contribution in [0.5, 0.6) is 0 Å². The topological polar surface area (TPSA) is 70.8 Å². The average molecular weight is 323 g/mol. The minimum atomic E-state index is 0.516. The maximum absolute atomic E-state index is 6.20. The van der Waals surface area contributed by atoms with Gasteiger partial charge in [-0.3, -0.25) is 4.90 Å². The Bertz CT molecular complexity index is 876. The van der Waals surface area contributed by atoms with Crippen molar-refractivity contribution in [3.63, 3.8) is 0 Å². The van der Waals surface area contributed by atoms with Gasteiger partial charge in [0.2, 0.25) is 0 Å². The summed E-state index contributed by atoms with van der Waals surface area (Å²) < 4.78 is 0. The number of aromatic nitrogens is 3. The van der Waals surface area contributed by atoms with Crippen LogP contribution < -0.4 is 5.73 Å². The first kappa shape index (κ1) is 15.4. The number of benzene rings is 1. The molecule has 24 heavy (non-hydrogen) atoms. The van der Waals surface area contributed by atoms with Crippen LogP contribution in [0, 0.1) is 0 Å². The minimum absolute atomic E-state index is 0.516. The van der Waals surface area contributed by atoms with Gasteiger partial charge in [-0.2, -0.15) is 0 Å². The van der Waals surface area contributed by atoms with E-state index in [0.29, 0.717) is 11.7 Å². The molecule has 5 heteroatoms. The molecule has 1 aliphatic carbocycles. The molecule has 0 spiro atoms. The van der Waals surface area contributed by atoms with Crippen molar-refractivity contribution >= 4 is 27.8 Å². The van der Waals surface area contributed by atoms with E-state index in [4.69, 9.17) is 5.73 Å². The smallest absolute Gasteiger partial charge is 0.152 e. The highest BCUT2D eigenvalue weighted by Crippen LogP contribution is 2.36. The van der Waals surface area contributed by atoms with E-state index < -0.39 is 0 Å². The molecule has 3 N–H and O–H groups in total. The van der Waals surface area contributed by atoms with Gasteiger partial charge in [-0.15, -0.1) is 0 Å². The summed E-state index contributed by atoms with van der Waals surface area (Å²) in [6.07, 6.45) is 5.26. The lowest BCUT2D eigenvalue weighted by atomic mass is 9.96. The molecule has 1 saturated carbocycles. The first-order valence-electron chi connectivity index (χ1n) is 8.92. The maximum Gasteiger partial charge on any atom is 0.152 e. The second-order valence-electron chi connectivity index (χ2n) is 6.99. The Morgan fingerprint density at radius 1 is 1.25 bits per heavy atom. The number of H-pyrrole nitrogens is 1. The quantitative estimate of drug-likeness (QED) is 0.766. The molecular weight excluding hydrogens is 298 g/mol. The maximum atomic E-state index is 6.20. The molecule has 2 heterocycles. The monoisotopic (exact) mass is 323 g/mol. The molecule has 2 aromatic heterocycles. The fraction of sp³-hybridized carbons (Fsp3) is 0.474. The van der Waals surface area contributed by atoms with Crippen LogP contribution in [0.15, 0.2) is 18.2 Å². The summed E-state index contributed by atoms with van der Waals surface area (Å²) >= 11 is 0. The molecule has 0 aliphatic heterocycles. The summed E-state index contributed by atoms with van der Waals surface area (Å²) in [5.74, 6) is 2.14. The van der Waals surface area contributed by atoms with E-state index in [-0.39, 0.29) is 0 Å². The Labute approximate surface area is 142 Å². The van der Waals surface area contributed by atoms with Crippen LogP contribution in [0.2, 0.25) is 0 Å². The van der Waals surface area contributed by atoms with Gasteiger partial charge in [-0.05, 0) is 44.0 Å². The van der Waals surface area contributed by atoms with Gasteiger partial charge in [0.15, 0.2) is 5.82 Å². The molecule has 1 aliphatic rings. The summed E-state index contributed by atoms with van der Waals surface area (Å²) in [5, 5.41) is 1.11. The van der Waals surface area contributed by atoms with E-state index in [0.717, 1.165) is 40.9 Å². The highest BCUT2D eigenvalue weighted by atomic mass is 15.1. The zero-order valence-corrected chi connectivity index (χ0v) is 14.5. The number of hydrogen-bond acceptors (Lipinski definition) is 4. The first-order chi connectivity index (χ1) is 11.7. The van der Waals surface area contributed by atoms with Crippen LogP contribution in [0.3, 0.4) is 0 Å². The van der Waals surface area contributed by atoms with E-state index in [1.165, 1.54) is 31.2 Å². The molecule has 0 amide bonds. The molecule has 3 aromatic rings. The Hall–Kier alpha value is -2.14. The van der Waals surface area contributed by atoms with E-state index >= 15 is 0 Å². The van der Waals surface area contributed by atoms with Gasteiger partial charge in [0.1, 0.15) is 11.3 Å². The molecule has 126 valence electrons. The van der Waals surface area contributed by atoms with Crippen molar-refractivity contribution in [1.82, 2.24) is 19.9 Å². The predicted molar refractivity (Wildman–Crippen MR) is 99.0 cm³/mol. The van der Waals surface area contributed by atoms with Gasteiger partial charge in [0, 0.05) is 5.39 Å². The molecule has 0 bridgehead atoms. The number of pyridine rings is 1. The molecule has 0 atom stereocenters. The molecule has 0 saturated heterocycles. The number of nitrogens with two attached hydrogens (primary N) is 1. The number of nitrogen functional groups attached to an aromatic ring is 1. The highest BCUT2D eigenvalue weighted by Gasteiger charge is 2.19. The minimum Gasteiger partial charge on any atom is -0.382 e. The third kappa shape index (κ3) is 2.63. The predicted octanol–water partition coefficient (Wildman–Crippen LogP) is 3.80. The van der Waals surface area contributed by atoms with Gasteiger partial charge in [-0.25, -0.2) is 9.97 Å². The summed E-state index contributed by atoms with van der Waals surface area (Å²) in [6, 6.07) is 6.66. The summed E-state index contributed by atoms with van der Waals surface area (Å²) in [5.41, 5.74) is 10.4. The van der Waals surface area contributed by atoms with Crippen molar-refractivity contribution in [2.24, 2.45) is 0 Å². The molecule has 0 radical (unpaired) electrons.